The molecule has 2 heterocycles. The van der Waals surface area contributed by atoms with Crippen molar-refractivity contribution in [2.24, 2.45) is 0 Å². The van der Waals surface area contributed by atoms with Crippen LogP contribution in [0.2, 0.25) is 0 Å². The molecule has 2 unspecified atom stereocenters. The number of pyridine rings is 1. The molecule has 0 radical (unpaired) electrons. The van der Waals surface area contributed by atoms with Crippen LogP contribution in [0.4, 0.5) is 4.39 Å². The predicted molar refractivity (Wildman–Crippen MR) is 66.6 cm³/mol. The van der Waals surface area contributed by atoms with Crippen LogP contribution in [0.1, 0.15) is 24.2 Å². The zero-order valence-corrected chi connectivity index (χ0v) is 10.7. The fraction of sp³-hybridized carbons (Fsp3) is 0.500. The molecule has 2 rings (SSSR count). The summed E-state index contributed by atoms with van der Waals surface area (Å²) in [4.78, 5) is 17.5. The van der Waals surface area contributed by atoms with Gasteiger partial charge >= 0.3 is 0 Å². The largest absolute Gasteiger partial charge is 0.336 e. The van der Waals surface area contributed by atoms with Crippen LogP contribution in [-0.4, -0.2) is 39.4 Å². The van der Waals surface area contributed by atoms with Crippen LogP contribution in [0, 0.1) is 5.82 Å². The van der Waals surface area contributed by atoms with Gasteiger partial charge in [-0.15, -0.1) is 0 Å². The van der Waals surface area contributed by atoms with E-state index in [-0.39, 0.29) is 11.5 Å². The van der Waals surface area contributed by atoms with Gasteiger partial charge in [0.05, 0.1) is 11.8 Å². The molecule has 5 heteroatoms. The maximum absolute atomic E-state index is 13.5. The minimum atomic E-state index is -0.545. The van der Waals surface area contributed by atoms with E-state index in [1.165, 1.54) is 12.3 Å². The van der Waals surface area contributed by atoms with Gasteiger partial charge in [0, 0.05) is 29.8 Å². The molecule has 1 aromatic rings. The Labute approximate surface area is 104 Å². The zero-order chi connectivity index (χ0) is 12.4. The van der Waals surface area contributed by atoms with E-state index in [2.05, 4.69) is 18.8 Å². The van der Waals surface area contributed by atoms with E-state index in [4.69, 9.17) is 0 Å². The average Bonchev–Trinajstić information content (AvgIpc) is 2.27. The van der Waals surface area contributed by atoms with Gasteiger partial charge in [0.15, 0.2) is 5.82 Å². The van der Waals surface area contributed by atoms with Crippen molar-refractivity contribution in [2.45, 2.75) is 24.3 Å². The molecule has 1 aliphatic heterocycles. The van der Waals surface area contributed by atoms with Crippen LogP contribution >= 0.6 is 11.8 Å². The van der Waals surface area contributed by atoms with E-state index in [9.17, 15) is 9.18 Å². The number of rotatable bonds is 1. The second-order valence-corrected chi connectivity index (χ2v) is 6.20. The van der Waals surface area contributed by atoms with E-state index in [1.54, 1.807) is 4.90 Å². The molecule has 0 aromatic carbocycles. The third kappa shape index (κ3) is 2.77. The molecule has 1 fully saturated rings. The van der Waals surface area contributed by atoms with Crippen molar-refractivity contribution in [1.82, 2.24) is 9.88 Å². The Morgan fingerprint density at radius 3 is 2.71 bits per heavy atom. The van der Waals surface area contributed by atoms with Gasteiger partial charge in [-0.1, -0.05) is 13.8 Å². The number of hydrogen-bond donors (Lipinski definition) is 0. The molecule has 2 atom stereocenters. The van der Waals surface area contributed by atoms with Crippen molar-refractivity contribution in [3.05, 3.63) is 29.8 Å². The van der Waals surface area contributed by atoms with Crippen LogP contribution < -0.4 is 0 Å². The van der Waals surface area contributed by atoms with E-state index in [0.717, 1.165) is 6.20 Å². The summed E-state index contributed by atoms with van der Waals surface area (Å²) in [5.41, 5.74) is 0.117. The van der Waals surface area contributed by atoms with Gasteiger partial charge < -0.3 is 4.90 Å². The van der Waals surface area contributed by atoms with Crippen LogP contribution in [-0.2, 0) is 0 Å². The SMILES string of the molecule is CC1CN(C(=O)c2ccncc2F)CC(C)S1. The van der Waals surface area contributed by atoms with Gasteiger partial charge in [-0.2, -0.15) is 11.8 Å². The van der Waals surface area contributed by atoms with Crippen LogP contribution in [0.5, 0.6) is 0 Å². The van der Waals surface area contributed by atoms with E-state index < -0.39 is 5.82 Å². The Morgan fingerprint density at radius 2 is 2.12 bits per heavy atom. The van der Waals surface area contributed by atoms with Gasteiger partial charge in [0.25, 0.3) is 5.91 Å². The van der Waals surface area contributed by atoms with Crippen LogP contribution in [0.15, 0.2) is 18.5 Å². The number of hydrogen-bond acceptors (Lipinski definition) is 3. The molecule has 0 aliphatic carbocycles. The lowest BCUT2D eigenvalue weighted by Gasteiger charge is -2.34. The first kappa shape index (κ1) is 12.4. The van der Waals surface area contributed by atoms with Crippen molar-refractivity contribution in [1.29, 1.82) is 0 Å². The first-order valence-electron chi connectivity index (χ1n) is 5.62. The lowest BCUT2D eigenvalue weighted by molar-refractivity contribution is 0.0748. The molecule has 1 saturated heterocycles. The highest BCUT2D eigenvalue weighted by molar-refractivity contribution is 8.00. The zero-order valence-electron chi connectivity index (χ0n) is 9.89. The number of thioether (sulfide) groups is 1. The number of aromatic nitrogens is 1. The third-order valence-electron chi connectivity index (χ3n) is 2.71. The molecule has 0 bridgehead atoms. The van der Waals surface area contributed by atoms with E-state index >= 15 is 0 Å². The Balaban J connectivity index is 2.17. The second-order valence-electron chi connectivity index (χ2n) is 4.32. The summed E-state index contributed by atoms with van der Waals surface area (Å²) < 4.78 is 13.5. The maximum Gasteiger partial charge on any atom is 0.257 e. The highest BCUT2D eigenvalue weighted by Gasteiger charge is 2.27. The molecule has 92 valence electrons. The minimum absolute atomic E-state index is 0.117. The van der Waals surface area contributed by atoms with Gasteiger partial charge in [-0.25, -0.2) is 4.39 Å². The summed E-state index contributed by atoms with van der Waals surface area (Å²) >= 11 is 1.86. The average molecular weight is 254 g/mol. The molecule has 0 N–H and O–H groups in total. The molecule has 0 saturated carbocycles. The smallest absolute Gasteiger partial charge is 0.257 e. The Hall–Kier alpha value is -1.10. The summed E-state index contributed by atoms with van der Waals surface area (Å²) in [6.45, 7) is 5.53. The first-order chi connectivity index (χ1) is 8.08. The molecule has 1 amide bonds. The highest BCUT2D eigenvalue weighted by Crippen LogP contribution is 2.25. The molecule has 0 spiro atoms. The second kappa shape index (κ2) is 5.04. The standard InChI is InChI=1S/C12H15FN2OS/c1-8-6-15(7-9(2)17-8)12(16)10-3-4-14-5-11(10)13/h3-5,8-9H,6-7H2,1-2H3. The highest BCUT2D eigenvalue weighted by atomic mass is 32.2. The van der Waals surface area contributed by atoms with Crippen molar-refractivity contribution < 1.29 is 9.18 Å². The topological polar surface area (TPSA) is 33.2 Å². The summed E-state index contributed by atoms with van der Waals surface area (Å²) in [5.74, 6) is -0.778. The number of nitrogens with zero attached hydrogens (tertiary/aromatic N) is 2. The number of carbonyl (C=O) groups excluding carboxylic acids is 1. The molecule has 1 aromatic heterocycles. The quantitative estimate of drug-likeness (QED) is 0.770. The van der Waals surface area contributed by atoms with Crippen molar-refractivity contribution in [3.63, 3.8) is 0 Å². The van der Waals surface area contributed by atoms with Crippen molar-refractivity contribution in [3.8, 4) is 0 Å². The molecule has 3 nitrogen and oxygen atoms in total. The number of carbonyl (C=O) groups is 1. The predicted octanol–water partition coefficient (Wildman–Crippen LogP) is 2.19. The normalized spacial score (nSPS) is 24.8. The fourth-order valence-electron chi connectivity index (χ4n) is 2.06. The minimum Gasteiger partial charge on any atom is -0.336 e. The molecule has 1 aliphatic rings. The van der Waals surface area contributed by atoms with Crippen LogP contribution in [0.3, 0.4) is 0 Å². The van der Waals surface area contributed by atoms with Crippen molar-refractivity contribution >= 4 is 17.7 Å². The fourth-order valence-corrected chi connectivity index (χ4v) is 3.39. The Morgan fingerprint density at radius 1 is 1.47 bits per heavy atom. The van der Waals surface area contributed by atoms with Crippen LogP contribution in [0.25, 0.3) is 0 Å². The molecule has 17 heavy (non-hydrogen) atoms. The Kier molecular flexibility index (Phi) is 3.66. The molecular weight excluding hydrogens is 239 g/mol. The van der Waals surface area contributed by atoms with Gasteiger partial charge in [-0.05, 0) is 6.07 Å². The summed E-state index contributed by atoms with van der Waals surface area (Å²) in [7, 11) is 0. The summed E-state index contributed by atoms with van der Waals surface area (Å²) in [6, 6.07) is 1.44. The summed E-state index contributed by atoms with van der Waals surface area (Å²) in [5, 5.41) is 0.792. The first-order valence-corrected chi connectivity index (χ1v) is 6.56. The maximum atomic E-state index is 13.5. The lowest BCUT2D eigenvalue weighted by Crippen LogP contribution is -2.44. The van der Waals surface area contributed by atoms with Gasteiger partial charge in [0.1, 0.15) is 0 Å². The van der Waals surface area contributed by atoms with Crippen molar-refractivity contribution in [2.75, 3.05) is 13.1 Å². The van der Waals surface area contributed by atoms with Gasteiger partial charge in [-0.3, -0.25) is 9.78 Å². The third-order valence-corrected chi connectivity index (χ3v) is 3.94. The number of halogens is 1. The summed E-state index contributed by atoms with van der Waals surface area (Å²) in [6.07, 6.45) is 2.53. The number of amides is 1. The Bertz CT molecular complexity index is 417. The van der Waals surface area contributed by atoms with E-state index in [0.29, 0.717) is 23.6 Å². The lowest BCUT2D eigenvalue weighted by atomic mass is 10.2. The van der Waals surface area contributed by atoms with Gasteiger partial charge in [0.2, 0.25) is 0 Å². The molecular formula is C12H15FN2OS. The monoisotopic (exact) mass is 254 g/mol. The van der Waals surface area contributed by atoms with E-state index in [1.807, 2.05) is 11.8 Å².